The highest BCUT2D eigenvalue weighted by atomic mass is 16.5. The predicted molar refractivity (Wildman–Crippen MR) is 104 cm³/mol. The molecular weight excluding hydrogens is 344 g/mol. The van der Waals surface area contributed by atoms with Crippen molar-refractivity contribution in [2.24, 2.45) is 0 Å². The molecule has 1 heterocycles. The zero-order valence-corrected chi connectivity index (χ0v) is 16.3. The van der Waals surface area contributed by atoms with Crippen LogP contribution in [-0.4, -0.2) is 63.7 Å². The van der Waals surface area contributed by atoms with E-state index in [1.54, 1.807) is 39.5 Å². The number of ether oxygens (including phenoxy) is 3. The highest BCUT2D eigenvalue weighted by molar-refractivity contribution is 5.95. The smallest absolute Gasteiger partial charge is 0.254 e. The summed E-state index contributed by atoms with van der Waals surface area (Å²) in [6.45, 7) is 2.09. The number of methoxy groups -OCH3 is 3. The van der Waals surface area contributed by atoms with Gasteiger partial charge in [0.15, 0.2) is 0 Å². The maximum absolute atomic E-state index is 13.1. The minimum atomic E-state index is -0.0202. The Kier molecular flexibility index (Phi) is 5.86. The van der Waals surface area contributed by atoms with Gasteiger partial charge in [-0.25, -0.2) is 0 Å². The van der Waals surface area contributed by atoms with Crippen LogP contribution in [0.2, 0.25) is 0 Å². The number of hydrogen-bond donors (Lipinski definition) is 0. The number of hydrogen-bond acceptors (Lipinski definition) is 5. The van der Waals surface area contributed by atoms with Gasteiger partial charge in [-0.05, 0) is 36.9 Å². The fourth-order valence-electron chi connectivity index (χ4n) is 3.38. The molecule has 1 amide bonds. The van der Waals surface area contributed by atoms with Crippen LogP contribution in [0.1, 0.15) is 22.0 Å². The maximum atomic E-state index is 13.1. The van der Waals surface area contributed by atoms with Crippen molar-refractivity contribution in [1.29, 1.82) is 0 Å². The van der Waals surface area contributed by atoms with Crippen molar-refractivity contribution in [2.75, 3.05) is 48.0 Å². The average Bonchev–Trinajstić information content (AvgIpc) is 2.73. The lowest BCUT2D eigenvalue weighted by atomic mass is 10.0. The van der Waals surface area contributed by atoms with E-state index in [0.717, 1.165) is 17.9 Å². The zero-order valence-electron chi connectivity index (χ0n) is 16.3. The van der Waals surface area contributed by atoms with Crippen molar-refractivity contribution in [3.63, 3.8) is 0 Å². The van der Waals surface area contributed by atoms with E-state index in [-0.39, 0.29) is 11.9 Å². The normalized spacial score (nSPS) is 17.5. The molecule has 2 aromatic rings. The maximum Gasteiger partial charge on any atom is 0.254 e. The zero-order chi connectivity index (χ0) is 19.4. The van der Waals surface area contributed by atoms with E-state index in [9.17, 15) is 4.79 Å². The Morgan fingerprint density at radius 2 is 1.59 bits per heavy atom. The third-order valence-electron chi connectivity index (χ3n) is 5.01. The Morgan fingerprint density at radius 3 is 2.22 bits per heavy atom. The second-order valence-corrected chi connectivity index (χ2v) is 6.63. The van der Waals surface area contributed by atoms with Crippen LogP contribution in [0, 0.1) is 0 Å². The van der Waals surface area contributed by atoms with Crippen molar-refractivity contribution < 1.29 is 19.0 Å². The van der Waals surface area contributed by atoms with Gasteiger partial charge in [-0.3, -0.25) is 9.69 Å². The van der Waals surface area contributed by atoms with Crippen molar-refractivity contribution in [3.05, 3.63) is 53.6 Å². The molecule has 6 heteroatoms. The van der Waals surface area contributed by atoms with Gasteiger partial charge >= 0.3 is 0 Å². The molecule has 0 N–H and O–H groups in total. The van der Waals surface area contributed by atoms with E-state index < -0.39 is 0 Å². The van der Waals surface area contributed by atoms with Crippen LogP contribution in [0.15, 0.2) is 42.5 Å². The predicted octanol–water partition coefficient (Wildman–Crippen LogP) is 2.84. The van der Waals surface area contributed by atoms with Gasteiger partial charge in [-0.1, -0.05) is 12.1 Å². The van der Waals surface area contributed by atoms with E-state index >= 15 is 0 Å². The molecule has 0 spiro atoms. The molecule has 0 aliphatic carbocycles. The molecule has 6 nitrogen and oxygen atoms in total. The van der Waals surface area contributed by atoms with Gasteiger partial charge in [0.1, 0.15) is 17.2 Å². The molecule has 27 heavy (non-hydrogen) atoms. The van der Waals surface area contributed by atoms with E-state index in [0.29, 0.717) is 30.2 Å². The molecule has 0 aromatic heterocycles. The van der Waals surface area contributed by atoms with Gasteiger partial charge in [-0.2, -0.15) is 0 Å². The van der Waals surface area contributed by atoms with Crippen molar-refractivity contribution in [3.8, 4) is 17.2 Å². The Hall–Kier alpha value is -2.73. The summed E-state index contributed by atoms with van der Waals surface area (Å²) in [6, 6.07) is 13.4. The summed E-state index contributed by atoms with van der Waals surface area (Å²) in [5.74, 6) is 2.02. The quantitative estimate of drug-likeness (QED) is 0.810. The lowest BCUT2D eigenvalue weighted by Gasteiger charge is -2.39. The van der Waals surface area contributed by atoms with Gasteiger partial charge in [0.2, 0.25) is 0 Å². The number of amides is 1. The number of piperazine rings is 1. The second kappa shape index (κ2) is 8.31. The molecule has 1 aliphatic heterocycles. The molecule has 0 radical (unpaired) electrons. The summed E-state index contributed by atoms with van der Waals surface area (Å²) < 4.78 is 15.9. The monoisotopic (exact) mass is 370 g/mol. The van der Waals surface area contributed by atoms with Crippen LogP contribution >= 0.6 is 0 Å². The first-order valence-corrected chi connectivity index (χ1v) is 8.92. The van der Waals surface area contributed by atoms with Crippen LogP contribution in [0.4, 0.5) is 0 Å². The Balaban J connectivity index is 1.84. The molecule has 0 saturated carbocycles. The minimum Gasteiger partial charge on any atom is -0.497 e. The number of nitrogens with zero attached hydrogens (tertiary/aromatic N) is 2. The minimum absolute atomic E-state index is 0.0202. The second-order valence-electron chi connectivity index (χ2n) is 6.63. The van der Waals surface area contributed by atoms with Crippen LogP contribution in [0.25, 0.3) is 0 Å². The topological polar surface area (TPSA) is 51.2 Å². The average molecular weight is 370 g/mol. The highest BCUT2D eigenvalue weighted by Gasteiger charge is 2.29. The van der Waals surface area contributed by atoms with Gasteiger partial charge in [0.25, 0.3) is 5.91 Å². The van der Waals surface area contributed by atoms with Crippen LogP contribution in [-0.2, 0) is 0 Å². The fourth-order valence-corrected chi connectivity index (χ4v) is 3.38. The van der Waals surface area contributed by atoms with Crippen LogP contribution < -0.4 is 14.2 Å². The first kappa shape index (κ1) is 19.0. The Morgan fingerprint density at radius 1 is 0.926 bits per heavy atom. The summed E-state index contributed by atoms with van der Waals surface area (Å²) in [5, 5.41) is 0. The molecule has 1 unspecified atom stereocenters. The summed E-state index contributed by atoms with van der Waals surface area (Å²) >= 11 is 0. The first-order chi connectivity index (χ1) is 13.0. The molecule has 1 atom stereocenters. The molecule has 2 aromatic carbocycles. The van der Waals surface area contributed by atoms with Gasteiger partial charge < -0.3 is 19.1 Å². The summed E-state index contributed by atoms with van der Waals surface area (Å²) in [6.07, 6.45) is 0. The van der Waals surface area contributed by atoms with E-state index in [1.807, 2.05) is 23.1 Å². The molecule has 1 fully saturated rings. The fraction of sp³-hybridized carbons (Fsp3) is 0.381. The summed E-state index contributed by atoms with van der Waals surface area (Å²) in [4.78, 5) is 17.3. The van der Waals surface area contributed by atoms with Gasteiger partial charge in [-0.15, -0.1) is 0 Å². The first-order valence-electron chi connectivity index (χ1n) is 8.92. The van der Waals surface area contributed by atoms with Crippen molar-refractivity contribution >= 4 is 5.91 Å². The van der Waals surface area contributed by atoms with Crippen molar-refractivity contribution in [2.45, 2.75) is 6.04 Å². The number of rotatable bonds is 5. The summed E-state index contributed by atoms with van der Waals surface area (Å²) in [5.41, 5.74) is 1.71. The van der Waals surface area contributed by atoms with E-state index in [4.69, 9.17) is 14.2 Å². The number of likely N-dealkylation sites (N-methyl/N-ethyl adjacent to an activating group) is 1. The molecule has 3 rings (SSSR count). The SMILES string of the molecule is COc1cc(OC)cc(C(=O)N2CCN(C)C(c3cccc(OC)c3)C2)c1. The van der Waals surface area contributed by atoms with E-state index in [1.165, 1.54) is 0 Å². The lowest BCUT2D eigenvalue weighted by molar-refractivity contribution is 0.0545. The third-order valence-corrected chi connectivity index (χ3v) is 5.01. The van der Waals surface area contributed by atoms with Crippen LogP contribution in [0.3, 0.4) is 0 Å². The largest absolute Gasteiger partial charge is 0.497 e. The van der Waals surface area contributed by atoms with Gasteiger partial charge in [0.05, 0.1) is 27.4 Å². The molecule has 1 saturated heterocycles. The Labute approximate surface area is 160 Å². The standard InChI is InChI=1S/C21H26N2O4/c1-22-8-9-23(14-20(22)15-6-5-7-17(10-15)25-2)21(24)16-11-18(26-3)13-19(12-16)27-4/h5-7,10-13,20H,8-9,14H2,1-4H3. The molecule has 1 aliphatic rings. The number of carbonyl (C=O) groups excluding carboxylic acids is 1. The summed E-state index contributed by atoms with van der Waals surface area (Å²) in [7, 11) is 6.91. The Bertz CT molecular complexity index is 786. The molecular formula is C21H26N2O4. The third kappa shape index (κ3) is 4.17. The van der Waals surface area contributed by atoms with E-state index in [2.05, 4.69) is 18.0 Å². The molecule has 0 bridgehead atoms. The van der Waals surface area contributed by atoms with Gasteiger partial charge in [0, 0.05) is 31.3 Å². The van der Waals surface area contributed by atoms with Crippen LogP contribution in [0.5, 0.6) is 17.2 Å². The number of carbonyl (C=O) groups is 1. The lowest BCUT2D eigenvalue weighted by Crippen LogP contribution is -2.49. The molecule has 144 valence electrons. The number of benzene rings is 2. The van der Waals surface area contributed by atoms with Crippen molar-refractivity contribution in [1.82, 2.24) is 9.80 Å². The highest BCUT2D eigenvalue weighted by Crippen LogP contribution is 2.29.